The van der Waals surface area contributed by atoms with E-state index in [0.29, 0.717) is 28.1 Å². The van der Waals surface area contributed by atoms with E-state index in [4.69, 9.17) is 0 Å². The molecule has 0 aliphatic rings. The summed E-state index contributed by atoms with van der Waals surface area (Å²) in [6.07, 6.45) is -3.28. The molecule has 0 aliphatic carbocycles. The van der Waals surface area contributed by atoms with Crippen molar-refractivity contribution in [3.05, 3.63) is 102 Å². The van der Waals surface area contributed by atoms with Gasteiger partial charge in [0.05, 0.1) is 17.9 Å². The number of rotatable bonds is 14. The Labute approximate surface area is 290 Å². The molecular weight excluding hydrogens is 625 g/mol. The van der Waals surface area contributed by atoms with Crippen molar-refractivity contribution >= 4 is 16.0 Å². The van der Waals surface area contributed by atoms with Crippen molar-refractivity contribution in [2.24, 2.45) is 0 Å². The molecule has 0 radical (unpaired) electrons. The number of carboxylic acids is 1. The molecule has 0 amide bonds. The van der Waals surface area contributed by atoms with Crippen molar-refractivity contribution in [1.29, 1.82) is 0 Å². The zero-order valence-electron chi connectivity index (χ0n) is 26.4. The molecule has 0 saturated heterocycles. The van der Waals surface area contributed by atoms with Crippen molar-refractivity contribution in [2.75, 3.05) is 7.05 Å². The smallest absolute Gasteiger partial charge is 0.550 e. The number of carbonyl (C=O) groups excluding carboxylic acids is 1. The maximum atomic E-state index is 14.6. The molecule has 8 nitrogen and oxygen atoms in total. The first-order chi connectivity index (χ1) is 21.3. The van der Waals surface area contributed by atoms with Gasteiger partial charge in [0.25, 0.3) is 0 Å². The molecule has 1 aromatic heterocycles. The van der Waals surface area contributed by atoms with Gasteiger partial charge in [0.15, 0.2) is 0 Å². The summed E-state index contributed by atoms with van der Waals surface area (Å²) < 4.78 is 60.4. The zero-order valence-corrected chi connectivity index (χ0v) is 29.2. The summed E-state index contributed by atoms with van der Waals surface area (Å²) >= 11 is 0. The van der Waals surface area contributed by atoms with Gasteiger partial charge in [-0.05, 0) is 71.8 Å². The topological polar surface area (TPSA) is 123 Å². The largest absolute Gasteiger partial charge is 1.00 e. The van der Waals surface area contributed by atoms with Crippen LogP contribution in [0, 0.1) is 11.6 Å². The Morgan fingerprint density at radius 1 is 0.891 bits per heavy atom. The summed E-state index contributed by atoms with van der Waals surface area (Å²) in [5, 5.41) is 31.7. The Morgan fingerprint density at radius 3 is 1.96 bits per heavy atom. The van der Waals surface area contributed by atoms with Crippen molar-refractivity contribution in [2.45, 2.75) is 69.2 Å². The molecule has 3 aromatic carbocycles. The maximum absolute atomic E-state index is 14.6. The molecule has 4 rings (SSSR count). The van der Waals surface area contributed by atoms with Gasteiger partial charge >= 0.3 is 29.6 Å². The Kier molecular flexibility index (Phi) is 13.3. The van der Waals surface area contributed by atoms with Crippen LogP contribution in [0.4, 0.5) is 8.78 Å². The number of hydrogen-bond acceptors (Lipinski definition) is 6. The minimum atomic E-state index is -4.22. The average Bonchev–Trinajstić information content (AvgIpc) is 3.33. The second-order valence-electron chi connectivity index (χ2n) is 11.4. The van der Waals surface area contributed by atoms with Gasteiger partial charge in [-0.3, -0.25) is 0 Å². The van der Waals surface area contributed by atoms with Crippen molar-refractivity contribution in [1.82, 2.24) is 8.87 Å². The van der Waals surface area contributed by atoms with Gasteiger partial charge in [-0.1, -0.05) is 56.3 Å². The molecule has 0 bridgehead atoms. The predicted molar refractivity (Wildman–Crippen MR) is 165 cm³/mol. The number of nitrogens with zero attached hydrogens (tertiary/aromatic N) is 2. The summed E-state index contributed by atoms with van der Waals surface area (Å²) in [6, 6.07) is 20.2. The second-order valence-corrected chi connectivity index (χ2v) is 13.4. The molecule has 0 unspecified atom stereocenters. The van der Waals surface area contributed by atoms with Crippen molar-refractivity contribution < 1.29 is 66.9 Å². The van der Waals surface area contributed by atoms with Crippen LogP contribution in [0.5, 0.6) is 0 Å². The average molecular weight is 663 g/mol. The molecule has 0 fully saturated rings. The predicted octanol–water partition coefficient (Wildman–Crippen LogP) is 1.69. The van der Waals surface area contributed by atoms with Crippen LogP contribution in [0.1, 0.15) is 50.3 Å². The molecule has 2 N–H and O–H groups in total. The summed E-state index contributed by atoms with van der Waals surface area (Å²) in [7, 11) is -2.74. The van der Waals surface area contributed by atoms with Crippen LogP contribution < -0.4 is 34.7 Å². The first kappa shape index (κ1) is 37.6. The minimum absolute atomic E-state index is 0. The molecule has 0 aliphatic heterocycles. The molecule has 12 heteroatoms. The van der Waals surface area contributed by atoms with E-state index >= 15 is 0 Å². The third-order valence-electron chi connectivity index (χ3n) is 7.60. The van der Waals surface area contributed by atoms with Gasteiger partial charge < -0.3 is 24.7 Å². The van der Waals surface area contributed by atoms with Crippen LogP contribution >= 0.6 is 0 Å². The van der Waals surface area contributed by atoms with Gasteiger partial charge in [-0.15, -0.1) is 0 Å². The van der Waals surface area contributed by atoms with Gasteiger partial charge in [0.2, 0.25) is 10.0 Å². The third kappa shape index (κ3) is 8.92. The summed E-state index contributed by atoms with van der Waals surface area (Å²) in [5.41, 5.74) is 2.85. The number of hydrogen-bond donors (Lipinski definition) is 2. The van der Waals surface area contributed by atoms with Gasteiger partial charge in [-0.25, -0.2) is 17.2 Å². The number of carboxylic acid groups (broad SMARTS) is 1. The maximum Gasteiger partial charge on any atom is 1.00 e. The number of aliphatic hydroxyl groups excluding tert-OH is 2. The molecule has 4 aromatic rings. The molecular formula is C34H37F2N2NaO6S. The normalized spacial score (nSPS) is 13.1. The Balaban J connectivity index is 0.00000576. The van der Waals surface area contributed by atoms with E-state index in [-0.39, 0.29) is 66.3 Å². The third-order valence-corrected chi connectivity index (χ3v) is 9.48. The van der Waals surface area contributed by atoms with E-state index in [9.17, 15) is 37.3 Å². The van der Waals surface area contributed by atoms with E-state index in [1.165, 1.54) is 59.9 Å². The van der Waals surface area contributed by atoms with E-state index < -0.39 is 46.3 Å². The summed E-state index contributed by atoms with van der Waals surface area (Å²) in [4.78, 5) is 10.9. The quantitative estimate of drug-likeness (QED) is 0.198. The van der Waals surface area contributed by atoms with Crippen LogP contribution in [0.2, 0.25) is 0 Å². The monoisotopic (exact) mass is 662 g/mol. The number of aliphatic hydroxyl groups is 2. The van der Waals surface area contributed by atoms with Crippen LogP contribution in [-0.4, -0.2) is 52.7 Å². The Hall–Kier alpha value is -2.90. The van der Waals surface area contributed by atoms with Crippen LogP contribution in [0.25, 0.3) is 22.4 Å². The molecule has 2 atom stereocenters. The molecule has 1 heterocycles. The van der Waals surface area contributed by atoms with Crippen molar-refractivity contribution in [3.63, 3.8) is 0 Å². The zero-order chi connectivity index (χ0) is 32.9. The van der Waals surface area contributed by atoms with Gasteiger partial charge in [0, 0.05) is 43.8 Å². The molecule has 240 valence electrons. The van der Waals surface area contributed by atoms with Crippen LogP contribution in [-0.2, 0) is 27.9 Å². The minimum Gasteiger partial charge on any atom is -0.550 e. The van der Waals surface area contributed by atoms with E-state index in [1.807, 2.05) is 44.2 Å². The summed E-state index contributed by atoms with van der Waals surface area (Å²) in [5.74, 6) is -2.81. The number of benzene rings is 3. The van der Waals surface area contributed by atoms with E-state index in [2.05, 4.69) is 0 Å². The number of aliphatic carboxylic acids is 1. The first-order valence-corrected chi connectivity index (χ1v) is 16.1. The van der Waals surface area contributed by atoms with E-state index in [1.54, 1.807) is 4.57 Å². The number of aromatic nitrogens is 1. The van der Waals surface area contributed by atoms with E-state index in [0.717, 1.165) is 5.56 Å². The number of carbonyl (C=O) groups is 1. The Morgan fingerprint density at radius 2 is 1.43 bits per heavy atom. The summed E-state index contributed by atoms with van der Waals surface area (Å²) in [6.45, 7) is 3.83. The SMILES string of the molecule is CC(C)c1c(S(=O)(=O)N(C)Cc2ccccc2)c(-c2ccc(F)cc2)c(-c2ccc(F)cc2)n1CC[C@@H](O)C[C@@H](O)CC(=O)[O-].[Na+]. The first-order valence-electron chi connectivity index (χ1n) is 14.6. The fraction of sp³-hybridized carbons (Fsp3) is 0.324. The van der Waals surface area contributed by atoms with Gasteiger partial charge in [-0.2, -0.15) is 4.31 Å². The fourth-order valence-electron chi connectivity index (χ4n) is 5.54. The van der Waals surface area contributed by atoms with Crippen LogP contribution in [0.3, 0.4) is 0 Å². The molecule has 0 spiro atoms. The van der Waals surface area contributed by atoms with Crippen molar-refractivity contribution in [3.8, 4) is 22.4 Å². The van der Waals surface area contributed by atoms with Crippen LogP contribution in [0.15, 0.2) is 83.8 Å². The standard InChI is InChI=1S/C34H38F2N2O6S.Na/c1-22(2)32-34(45(43,44)37(3)21-23-7-5-4-6-8-23)31(24-9-13-26(35)14-10-24)33(25-11-15-27(36)16-12-25)38(32)18-17-28(39)19-29(40)20-30(41)42;/h4-16,22,28-29,39-40H,17-21H2,1-3H3,(H,41,42);/q;+1/p-1/t28-,29-;/m1./s1. The Bertz CT molecular complexity index is 1710. The second kappa shape index (κ2) is 16.3. The number of halogens is 2. The van der Waals surface area contributed by atoms with Gasteiger partial charge in [0.1, 0.15) is 16.5 Å². The fourth-order valence-corrected chi connectivity index (χ4v) is 7.25. The molecule has 46 heavy (non-hydrogen) atoms. The molecule has 0 saturated carbocycles. The number of sulfonamides is 1.